The number of aryl methyl sites for hydroxylation is 2. The Bertz CT molecular complexity index is 598. The highest BCUT2D eigenvalue weighted by Crippen LogP contribution is 2.23. The summed E-state index contributed by atoms with van der Waals surface area (Å²) in [7, 11) is 0. The van der Waals surface area contributed by atoms with Crippen LogP contribution in [0.1, 0.15) is 33.6 Å². The maximum atomic E-state index is 11.0. The molecule has 3 rings (SSSR count). The molecule has 1 aliphatic carbocycles. The van der Waals surface area contributed by atoms with Crippen LogP contribution in [0.25, 0.3) is 0 Å². The van der Waals surface area contributed by atoms with Crippen molar-refractivity contribution in [3.05, 3.63) is 58.9 Å². The highest BCUT2D eigenvalue weighted by molar-refractivity contribution is 5.85. The lowest BCUT2D eigenvalue weighted by molar-refractivity contribution is 0.0685. The zero-order valence-corrected chi connectivity index (χ0v) is 10.1. The molecule has 1 N–H and O–H groups in total. The number of carboxylic acids is 1. The Balaban J connectivity index is 1.88. The maximum Gasteiger partial charge on any atom is 0.352 e. The Morgan fingerprint density at radius 2 is 2.06 bits per heavy atom. The molecule has 0 unspecified atom stereocenters. The number of fused-ring (bicyclic) bond motifs is 1. The summed E-state index contributed by atoms with van der Waals surface area (Å²) in [4.78, 5) is 11.0. The minimum absolute atomic E-state index is 0.343. The lowest BCUT2D eigenvalue weighted by atomic mass is 10.1. The number of nitrogens with zero attached hydrogens (tertiary/aromatic N) is 1. The molecule has 0 bridgehead atoms. The summed E-state index contributed by atoms with van der Waals surface area (Å²) in [5.74, 6) is -0.874. The molecule has 92 valence electrons. The third kappa shape index (κ3) is 1.92. The summed E-state index contributed by atoms with van der Waals surface area (Å²) in [6, 6.07) is 9.91. The van der Waals surface area contributed by atoms with Gasteiger partial charge >= 0.3 is 5.97 Å². The van der Waals surface area contributed by atoms with Crippen molar-refractivity contribution >= 4 is 5.97 Å². The van der Waals surface area contributed by atoms with E-state index in [9.17, 15) is 4.79 Å². The van der Waals surface area contributed by atoms with Crippen LogP contribution in [0.15, 0.2) is 36.5 Å². The Morgan fingerprint density at radius 3 is 2.89 bits per heavy atom. The zero-order chi connectivity index (χ0) is 12.5. The van der Waals surface area contributed by atoms with E-state index in [1.807, 2.05) is 6.20 Å². The average molecular weight is 241 g/mol. The Kier molecular flexibility index (Phi) is 2.67. The highest BCUT2D eigenvalue weighted by atomic mass is 16.4. The van der Waals surface area contributed by atoms with Gasteiger partial charge in [-0.1, -0.05) is 18.2 Å². The van der Waals surface area contributed by atoms with E-state index in [2.05, 4.69) is 18.2 Å². The van der Waals surface area contributed by atoms with Crippen LogP contribution in [0, 0.1) is 0 Å². The molecule has 0 fully saturated rings. The third-order valence-corrected chi connectivity index (χ3v) is 3.56. The lowest BCUT2D eigenvalue weighted by Crippen LogP contribution is -2.08. The van der Waals surface area contributed by atoms with Crippen molar-refractivity contribution in [2.75, 3.05) is 0 Å². The average Bonchev–Trinajstić information content (AvgIpc) is 2.96. The van der Waals surface area contributed by atoms with Crippen LogP contribution in [0.5, 0.6) is 0 Å². The molecular formula is C15H15NO2. The molecule has 0 spiro atoms. The van der Waals surface area contributed by atoms with Crippen molar-refractivity contribution < 1.29 is 9.90 Å². The number of rotatable bonds is 3. The van der Waals surface area contributed by atoms with Gasteiger partial charge in [-0.2, -0.15) is 0 Å². The fourth-order valence-corrected chi connectivity index (χ4v) is 2.67. The van der Waals surface area contributed by atoms with Gasteiger partial charge in [0.25, 0.3) is 0 Å². The van der Waals surface area contributed by atoms with Gasteiger partial charge in [0.1, 0.15) is 5.69 Å². The summed E-state index contributed by atoms with van der Waals surface area (Å²) in [5.41, 5.74) is 4.39. The van der Waals surface area contributed by atoms with Crippen molar-refractivity contribution in [3.8, 4) is 0 Å². The summed E-state index contributed by atoms with van der Waals surface area (Å²) in [6.07, 6.45) is 5.39. The monoisotopic (exact) mass is 241 g/mol. The first-order valence-corrected chi connectivity index (χ1v) is 6.23. The van der Waals surface area contributed by atoms with E-state index in [0.717, 1.165) is 6.42 Å². The van der Waals surface area contributed by atoms with Crippen molar-refractivity contribution in [3.63, 3.8) is 0 Å². The number of hydrogen-bond donors (Lipinski definition) is 1. The quantitative estimate of drug-likeness (QED) is 0.897. The number of benzene rings is 1. The Morgan fingerprint density at radius 1 is 1.22 bits per heavy atom. The van der Waals surface area contributed by atoms with Gasteiger partial charge in [-0.05, 0) is 48.1 Å². The molecule has 1 aromatic heterocycles. The van der Waals surface area contributed by atoms with Crippen LogP contribution in [-0.4, -0.2) is 15.6 Å². The maximum absolute atomic E-state index is 11.0. The van der Waals surface area contributed by atoms with E-state index in [1.165, 1.54) is 29.5 Å². The van der Waals surface area contributed by atoms with E-state index in [1.54, 1.807) is 16.7 Å². The lowest BCUT2D eigenvalue weighted by Gasteiger charge is -2.08. The smallest absolute Gasteiger partial charge is 0.352 e. The van der Waals surface area contributed by atoms with Crippen LogP contribution >= 0.6 is 0 Å². The van der Waals surface area contributed by atoms with Gasteiger partial charge in [0.05, 0.1) is 0 Å². The first-order chi connectivity index (χ1) is 8.74. The molecule has 2 aromatic rings. The zero-order valence-electron chi connectivity index (χ0n) is 10.1. The topological polar surface area (TPSA) is 42.2 Å². The molecule has 1 heterocycles. The van der Waals surface area contributed by atoms with Gasteiger partial charge in [-0.25, -0.2) is 4.79 Å². The van der Waals surface area contributed by atoms with Gasteiger partial charge in [-0.3, -0.25) is 0 Å². The normalized spacial score (nSPS) is 13.6. The van der Waals surface area contributed by atoms with Crippen LogP contribution in [-0.2, 0) is 19.4 Å². The SMILES string of the molecule is O=C(O)c1cccn1Cc1ccc2c(c1)CCC2. The Labute approximate surface area is 106 Å². The number of aromatic carboxylic acids is 1. The van der Waals surface area contributed by atoms with Crippen molar-refractivity contribution in [2.45, 2.75) is 25.8 Å². The summed E-state index contributed by atoms with van der Waals surface area (Å²) in [6.45, 7) is 0.627. The number of hydrogen-bond acceptors (Lipinski definition) is 1. The van der Waals surface area contributed by atoms with Gasteiger partial charge in [0, 0.05) is 12.7 Å². The molecule has 0 atom stereocenters. The van der Waals surface area contributed by atoms with E-state index in [4.69, 9.17) is 5.11 Å². The molecule has 1 aliphatic rings. The van der Waals surface area contributed by atoms with E-state index < -0.39 is 5.97 Å². The Hall–Kier alpha value is -2.03. The van der Waals surface area contributed by atoms with Crippen molar-refractivity contribution in [1.82, 2.24) is 4.57 Å². The fourth-order valence-electron chi connectivity index (χ4n) is 2.67. The molecule has 0 saturated heterocycles. The fraction of sp³-hybridized carbons (Fsp3) is 0.267. The van der Waals surface area contributed by atoms with Crippen LogP contribution in [0.3, 0.4) is 0 Å². The van der Waals surface area contributed by atoms with Gasteiger partial charge < -0.3 is 9.67 Å². The standard InChI is InChI=1S/C15H15NO2/c17-15(18)14-5-2-8-16(14)10-11-6-7-12-3-1-4-13(12)9-11/h2,5-9H,1,3-4,10H2,(H,17,18). The second-order valence-corrected chi connectivity index (χ2v) is 4.78. The number of carbonyl (C=O) groups is 1. The predicted molar refractivity (Wildman–Crippen MR) is 69.0 cm³/mol. The first kappa shape index (κ1) is 11.1. The minimum atomic E-state index is -0.874. The first-order valence-electron chi connectivity index (χ1n) is 6.23. The molecule has 18 heavy (non-hydrogen) atoms. The minimum Gasteiger partial charge on any atom is -0.477 e. The molecular weight excluding hydrogens is 226 g/mol. The van der Waals surface area contributed by atoms with E-state index in [0.29, 0.717) is 12.2 Å². The molecule has 3 nitrogen and oxygen atoms in total. The van der Waals surface area contributed by atoms with Crippen molar-refractivity contribution in [2.24, 2.45) is 0 Å². The van der Waals surface area contributed by atoms with E-state index in [-0.39, 0.29) is 0 Å². The number of carboxylic acid groups (broad SMARTS) is 1. The highest BCUT2D eigenvalue weighted by Gasteiger charge is 2.12. The summed E-state index contributed by atoms with van der Waals surface area (Å²) in [5, 5.41) is 9.07. The number of aromatic nitrogens is 1. The van der Waals surface area contributed by atoms with Crippen LogP contribution in [0.4, 0.5) is 0 Å². The van der Waals surface area contributed by atoms with Gasteiger partial charge in [0.2, 0.25) is 0 Å². The van der Waals surface area contributed by atoms with Crippen LogP contribution in [0.2, 0.25) is 0 Å². The molecule has 0 saturated carbocycles. The summed E-state index contributed by atoms with van der Waals surface area (Å²) >= 11 is 0. The second kappa shape index (κ2) is 4.33. The summed E-state index contributed by atoms with van der Waals surface area (Å²) < 4.78 is 1.78. The molecule has 0 amide bonds. The van der Waals surface area contributed by atoms with Crippen molar-refractivity contribution in [1.29, 1.82) is 0 Å². The molecule has 3 heteroatoms. The molecule has 0 radical (unpaired) electrons. The third-order valence-electron chi connectivity index (χ3n) is 3.56. The van der Waals surface area contributed by atoms with Gasteiger partial charge in [0.15, 0.2) is 0 Å². The largest absolute Gasteiger partial charge is 0.477 e. The second-order valence-electron chi connectivity index (χ2n) is 4.78. The predicted octanol–water partition coefficient (Wildman–Crippen LogP) is 2.72. The van der Waals surface area contributed by atoms with E-state index >= 15 is 0 Å². The van der Waals surface area contributed by atoms with Gasteiger partial charge in [-0.15, -0.1) is 0 Å². The molecule has 0 aliphatic heterocycles. The van der Waals surface area contributed by atoms with Crippen LogP contribution < -0.4 is 0 Å². The molecule has 1 aromatic carbocycles.